The second-order valence-corrected chi connectivity index (χ2v) is 3.84. The highest BCUT2D eigenvalue weighted by molar-refractivity contribution is 9.10. The van der Waals surface area contributed by atoms with Gasteiger partial charge in [0.1, 0.15) is 5.75 Å². The predicted molar refractivity (Wildman–Crippen MR) is 56.4 cm³/mol. The molecule has 0 atom stereocenters. The van der Waals surface area contributed by atoms with Crippen LogP contribution in [0.1, 0.15) is 5.56 Å². The van der Waals surface area contributed by atoms with E-state index in [2.05, 4.69) is 15.9 Å². The number of aryl methyl sites for hydroxylation is 1. The van der Waals surface area contributed by atoms with Gasteiger partial charge in [-0.25, -0.2) is 0 Å². The Morgan fingerprint density at radius 1 is 1.46 bits per heavy atom. The Bertz CT molecular complexity index is 302. The zero-order valence-corrected chi connectivity index (χ0v) is 9.78. The molecule has 0 spiro atoms. The molecule has 1 aromatic carbocycles. The Morgan fingerprint density at radius 3 is 2.77 bits per heavy atom. The van der Waals surface area contributed by atoms with Crippen molar-refractivity contribution in [3.8, 4) is 5.75 Å². The Morgan fingerprint density at radius 2 is 2.15 bits per heavy atom. The van der Waals surface area contributed by atoms with Crippen LogP contribution >= 0.6 is 27.5 Å². The molecule has 0 N–H and O–H groups in total. The molecule has 0 aliphatic rings. The lowest BCUT2D eigenvalue weighted by Crippen LogP contribution is -1.99. The molecule has 0 saturated heterocycles. The Labute approximate surface area is 90.9 Å². The molecular weight excluding hydrogens is 255 g/mol. The predicted octanol–water partition coefficient (Wildman–Crippen LogP) is 3.39. The summed E-state index contributed by atoms with van der Waals surface area (Å²) in [6.07, 6.45) is 0. The highest BCUT2D eigenvalue weighted by Crippen LogP contribution is 2.30. The van der Waals surface area contributed by atoms with Gasteiger partial charge < -0.3 is 9.47 Å². The molecule has 0 saturated carbocycles. The monoisotopic (exact) mass is 264 g/mol. The van der Waals surface area contributed by atoms with E-state index in [0.29, 0.717) is 10.8 Å². The third-order valence-electron chi connectivity index (χ3n) is 1.55. The van der Waals surface area contributed by atoms with Gasteiger partial charge >= 0.3 is 0 Å². The lowest BCUT2D eigenvalue weighted by Gasteiger charge is -2.08. The maximum Gasteiger partial charge on any atom is 0.188 e. The van der Waals surface area contributed by atoms with Gasteiger partial charge in [0.25, 0.3) is 0 Å². The summed E-state index contributed by atoms with van der Waals surface area (Å²) in [5.74, 6) is 0.643. The van der Waals surface area contributed by atoms with E-state index >= 15 is 0 Å². The van der Waals surface area contributed by atoms with Gasteiger partial charge in [0, 0.05) is 11.6 Å². The van der Waals surface area contributed by atoms with Crippen LogP contribution in [0.25, 0.3) is 0 Å². The normalized spacial score (nSPS) is 10.2. The molecular formula is C9H10BrClO2. The van der Waals surface area contributed by atoms with Gasteiger partial charge in [-0.1, -0.05) is 27.5 Å². The molecule has 0 aromatic heterocycles. The molecule has 0 bridgehead atoms. The van der Waals surface area contributed by atoms with Crippen LogP contribution in [0.5, 0.6) is 5.75 Å². The number of ether oxygens (including phenoxy) is 2. The summed E-state index contributed by atoms with van der Waals surface area (Å²) in [5, 5.41) is 0.578. The maximum atomic E-state index is 5.93. The third-order valence-corrected chi connectivity index (χ3v) is 2.70. The van der Waals surface area contributed by atoms with Crippen LogP contribution in [0.3, 0.4) is 0 Å². The van der Waals surface area contributed by atoms with Crippen LogP contribution in [0.4, 0.5) is 0 Å². The molecule has 4 heteroatoms. The van der Waals surface area contributed by atoms with Crippen molar-refractivity contribution in [3.63, 3.8) is 0 Å². The number of methoxy groups -OCH3 is 1. The van der Waals surface area contributed by atoms with Crippen LogP contribution in [0.2, 0.25) is 5.02 Å². The second-order valence-electron chi connectivity index (χ2n) is 2.58. The maximum absolute atomic E-state index is 5.93. The molecule has 0 fully saturated rings. The molecule has 0 aliphatic heterocycles. The van der Waals surface area contributed by atoms with Crippen molar-refractivity contribution in [2.24, 2.45) is 0 Å². The fourth-order valence-electron chi connectivity index (χ4n) is 0.864. The van der Waals surface area contributed by atoms with Crippen molar-refractivity contribution >= 4 is 27.5 Å². The molecule has 1 aromatic rings. The molecule has 72 valence electrons. The first-order valence-corrected chi connectivity index (χ1v) is 4.89. The third kappa shape index (κ3) is 2.86. The minimum atomic E-state index is 0.209. The van der Waals surface area contributed by atoms with Crippen molar-refractivity contribution < 1.29 is 9.47 Å². The molecule has 2 nitrogen and oxygen atoms in total. The van der Waals surface area contributed by atoms with Crippen molar-refractivity contribution in [1.82, 2.24) is 0 Å². The summed E-state index contributed by atoms with van der Waals surface area (Å²) in [5.41, 5.74) is 1.08. The van der Waals surface area contributed by atoms with E-state index in [4.69, 9.17) is 21.1 Å². The first kappa shape index (κ1) is 10.8. The SMILES string of the molecule is COCOc1cc(C)c(Br)cc1Cl. The van der Waals surface area contributed by atoms with Crippen LogP contribution < -0.4 is 4.74 Å². The summed E-state index contributed by atoms with van der Waals surface area (Å²) < 4.78 is 11.0. The fraction of sp³-hybridized carbons (Fsp3) is 0.333. The van der Waals surface area contributed by atoms with Gasteiger partial charge in [-0.2, -0.15) is 0 Å². The summed E-state index contributed by atoms with van der Waals surface area (Å²) in [4.78, 5) is 0. The molecule has 0 radical (unpaired) electrons. The molecule has 13 heavy (non-hydrogen) atoms. The van der Waals surface area contributed by atoms with Crippen molar-refractivity contribution in [2.75, 3.05) is 13.9 Å². The lowest BCUT2D eigenvalue weighted by molar-refractivity contribution is 0.0511. The lowest BCUT2D eigenvalue weighted by atomic mass is 10.2. The Kier molecular flexibility index (Phi) is 4.03. The van der Waals surface area contributed by atoms with Gasteiger partial charge in [-0.15, -0.1) is 0 Å². The number of hydrogen-bond donors (Lipinski definition) is 0. The van der Waals surface area contributed by atoms with Gasteiger partial charge in [0.2, 0.25) is 0 Å². The zero-order chi connectivity index (χ0) is 9.84. The number of hydrogen-bond acceptors (Lipinski definition) is 2. The number of benzene rings is 1. The Hall–Kier alpha value is -0.250. The average molecular weight is 266 g/mol. The second kappa shape index (κ2) is 4.84. The van der Waals surface area contributed by atoms with Crippen molar-refractivity contribution in [3.05, 3.63) is 27.2 Å². The molecule has 0 amide bonds. The van der Waals surface area contributed by atoms with Crippen LogP contribution in [0.15, 0.2) is 16.6 Å². The highest BCUT2D eigenvalue weighted by Gasteiger charge is 2.04. The van der Waals surface area contributed by atoms with Crippen LogP contribution in [-0.2, 0) is 4.74 Å². The first-order valence-electron chi connectivity index (χ1n) is 3.72. The molecule has 0 heterocycles. The molecule has 0 unspecified atom stereocenters. The minimum Gasteiger partial charge on any atom is -0.466 e. The fourth-order valence-corrected chi connectivity index (χ4v) is 1.56. The van der Waals surface area contributed by atoms with Crippen LogP contribution in [-0.4, -0.2) is 13.9 Å². The molecule has 0 aliphatic carbocycles. The van der Waals surface area contributed by atoms with Crippen molar-refractivity contribution in [1.29, 1.82) is 0 Å². The highest BCUT2D eigenvalue weighted by atomic mass is 79.9. The van der Waals surface area contributed by atoms with E-state index in [1.165, 1.54) is 0 Å². The number of rotatable bonds is 3. The summed E-state index contributed by atoms with van der Waals surface area (Å²) in [7, 11) is 1.57. The summed E-state index contributed by atoms with van der Waals surface area (Å²) >= 11 is 9.30. The van der Waals surface area contributed by atoms with E-state index in [0.717, 1.165) is 10.0 Å². The summed E-state index contributed by atoms with van der Waals surface area (Å²) in [6.45, 7) is 2.18. The van der Waals surface area contributed by atoms with Gasteiger partial charge in [-0.05, 0) is 24.6 Å². The first-order chi connectivity index (χ1) is 6.15. The minimum absolute atomic E-state index is 0.209. The summed E-state index contributed by atoms with van der Waals surface area (Å²) in [6, 6.07) is 3.67. The van der Waals surface area contributed by atoms with E-state index in [9.17, 15) is 0 Å². The van der Waals surface area contributed by atoms with Gasteiger partial charge in [0.05, 0.1) is 5.02 Å². The van der Waals surface area contributed by atoms with Gasteiger partial charge in [-0.3, -0.25) is 0 Å². The quantitative estimate of drug-likeness (QED) is 0.780. The largest absolute Gasteiger partial charge is 0.466 e. The van der Waals surface area contributed by atoms with Gasteiger partial charge in [0.15, 0.2) is 6.79 Å². The molecule has 1 rings (SSSR count). The van der Waals surface area contributed by atoms with E-state index in [1.807, 2.05) is 19.1 Å². The van der Waals surface area contributed by atoms with Crippen molar-refractivity contribution in [2.45, 2.75) is 6.92 Å². The smallest absolute Gasteiger partial charge is 0.188 e. The van der Waals surface area contributed by atoms with Crippen LogP contribution in [0, 0.1) is 6.92 Å². The number of halogens is 2. The Balaban J connectivity index is 2.88. The van der Waals surface area contributed by atoms with E-state index < -0.39 is 0 Å². The van der Waals surface area contributed by atoms with E-state index in [1.54, 1.807) is 7.11 Å². The topological polar surface area (TPSA) is 18.5 Å². The average Bonchev–Trinajstić information content (AvgIpc) is 2.09. The van der Waals surface area contributed by atoms with E-state index in [-0.39, 0.29) is 6.79 Å². The standard InChI is InChI=1S/C9H10BrClO2/c1-6-3-9(13-5-12-2)8(11)4-7(6)10/h3-4H,5H2,1-2H3. The zero-order valence-electron chi connectivity index (χ0n) is 7.43.